The molecular formula is C19H22N4O7S. The van der Waals surface area contributed by atoms with Crippen molar-refractivity contribution >= 4 is 35.5 Å². The van der Waals surface area contributed by atoms with Gasteiger partial charge in [-0.25, -0.2) is 4.79 Å². The van der Waals surface area contributed by atoms with E-state index < -0.39 is 69.8 Å². The van der Waals surface area contributed by atoms with Crippen molar-refractivity contribution in [2.24, 2.45) is 0 Å². The summed E-state index contributed by atoms with van der Waals surface area (Å²) in [6.45, 7) is 2.88. The van der Waals surface area contributed by atoms with Gasteiger partial charge in [-0.15, -0.1) is 11.8 Å². The fraction of sp³-hybridized carbons (Fsp3) is 0.474. The van der Waals surface area contributed by atoms with E-state index in [9.17, 15) is 34.4 Å². The minimum absolute atomic E-state index is 0.396. The largest absolute Gasteiger partial charge is 0.480 e. The van der Waals surface area contributed by atoms with Crippen LogP contribution in [-0.2, 0) is 19.2 Å². The number of nitro groups is 1. The van der Waals surface area contributed by atoms with Crippen molar-refractivity contribution in [2.75, 3.05) is 6.54 Å². The molecule has 0 radical (unpaired) electrons. The monoisotopic (exact) mass is 450 g/mol. The van der Waals surface area contributed by atoms with E-state index in [2.05, 4.69) is 10.6 Å². The molecule has 12 heteroatoms. The van der Waals surface area contributed by atoms with Gasteiger partial charge in [-0.3, -0.25) is 24.5 Å². The molecule has 2 fully saturated rings. The highest BCUT2D eigenvalue weighted by atomic mass is 32.2. The number of thioether (sulfide) groups is 1. The van der Waals surface area contributed by atoms with E-state index in [-0.39, 0.29) is 0 Å². The van der Waals surface area contributed by atoms with Crippen LogP contribution < -0.4 is 10.6 Å². The van der Waals surface area contributed by atoms with Crippen LogP contribution in [0.25, 0.3) is 0 Å². The number of nitrogens with zero attached hydrogens (tertiary/aromatic N) is 2. The van der Waals surface area contributed by atoms with E-state index in [1.165, 1.54) is 16.7 Å². The number of hydrogen-bond donors (Lipinski definition) is 3. The number of carbonyl (C=O) groups excluding carboxylic acids is 3. The fourth-order valence-corrected chi connectivity index (χ4v) is 5.38. The number of hydrogen-bond acceptors (Lipinski definition) is 7. The number of fused-ring (bicyclic) bond motifs is 1. The maximum absolute atomic E-state index is 13.0. The van der Waals surface area contributed by atoms with Crippen molar-refractivity contribution < 1.29 is 29.2 Å². The third kappa shape index (κ3) is 4.48. The summed E-state index contributed by atoms with van der Waals surface area (Å²) in [7, 11) is 0. The first kappa shape index (κ1) is 22.5. The van der Waals surface area contributed by atoms with E-state index >= 15 is 0 Å². The lowest BCUT2D eigenvalue weighted by Gasteiger charge is -2.44. The maximum Gasteiger partial charge on any atom is 0.327 e. The van der Waals surface area contributed by atoms with Crippen molar-refractivity contribution in [1.82, 2.24) is 15.5 Å². The molecule has 0 saturated carbocycles. The predicted octanol–water partition coefficient (Wildman–Crippen LogP) is 0.142. The third-order valence-corrected chi connectivity index (χ3v) is 6.77. The number of amides is 3. The van der Waals surface area contributed by atoms with Gasteiger partial charge in [0.1, 0.15) is 23.5 Å². The Hall–Kier alpha value is -3.15. The second-order valence-electron chi connectivity index (χ2n) is 7.80. The standard InChI is InChI=1S/C19H22N4O7S/c1-19(2)14(18(27)28)23-16(26)13(17(23)31-19)21-15(25)12(10-6-4-3-5-7-10)20-11(24)8-9-22(29)30/h3-7,12-14,17H,8-9H2,1-2H3,(H,20,24)(H,21,25)(H,27,28)/t12?,13-,14+,17-/m1/s1. The summed E-state index contributed by atoms with van der Waals surface area (Å²) in [6, 6.07) is 5.20. The van der Waals surface area contributed by atoms with Gasteiger partial charge < -0.3 is 20.6 Å². The van der Waals surface area contributed by atoms with Crippen LogP contribution >= 0.6 is 11.8 Å². The van der Waals surface area contributed by atoms with Crippen molar-refractivity contribution in [3.05, 3.63) is 46.0 Å². The normalized spacial score (nSPS) is 24.5. The molecule has 2 aliphatic rings. The van der Waals surface area contributed by atoms with E-state index in [4.69, 9.17) is 0 Å². The van der Waals surface area contributed by atoms with Gasteiger partial charge in [-0.1, -0.05) is 30.3 Å². The lowest BCUT2D eigenvalue weighted by molar-refractivity contribution is -0.478. The molecule has 0 bridgehead atoms. The highest BCUT2D eigenvalue weighted by Crippen LogP contribution is 2.50. The molecule has 4 atom stereocenters. The molecule has 2 saturated heterocycles. The number of aliphatic carboxylic acids is 1. The molecule has 2 heterocycles. The van der Waals surface area contributed by atoms with Gasteiger partial charge in [0, 0.05) is 9.67 Å². The minimum Gasteiger partial charge on any atom is -0.480 e. The molecule has 1 aromatic rings. The fourth-order valence-electron chi connectivity index (χ4n) is 3.75. The average Bonchev–Trinajstić information content (AvgIpc) is 2.97. The lowest BCUT2D eigenvalue weighted by Crippen LogP contribution is -2.71. The molecule has 0 aromatic heterocycles. The number of rotatable bonds is 8. The highest BCUT2D eigenvalue weighted by molar-refractivity contribution is 8.01. The summed E-state index contributed by atoms with van der Waals surface area (Å²) in [5.74, 6) is -2.95. The summed E-state index contributed by atoms with van der Waals surface area (Å²) in [5.41, 5.74) is 0.445. The third-order valence-electron chi connectivity index (χ3n) is 5.19. The highest BCUT2D eigenvalue weighted by Gasteiger charge is 2.64. The number of benzene rings is 1. The quantitative estimate of drug-likeness (QED) is 0.287. The Morgan fingerprint density at radius 1 is 1.29 bits per heavy atom. The van der Waals surface area contributed by atoms with Crippen LogP contribution in [0.5, 0.6) is 0 Å². The van der Waals surface area contributed by atoms with E-state index in [0.717, 1.165) is 0 Å². The minimum atomic E-state index is -1.16. The number of carboxylic acids is 1. The zero-order chi connectivity index (χ0) is 22.9. The van der Waals surface area contributed by atoms with Crippen molar-refractivity contribution in [3.63, 3.8) is 0 Å². The molecule has 166 valence electrons. The van der Waals surface area contributed by atoms with Crippen molar-refractivity contribution in [3.8, 4) is 0 Å². The van der Waals surface area contributed by atoms with E-state index in [1.807, 2.05) is 0 Å². The van der Waals surface area contributed by atoms with Crippen LogP contribution in [0.4, 0.5) is 0 Å². The first-order valence-corrected chi connectivity index (χ1v) is 10.4. The second kappa shape index (κ2) is 8.53. The van der Waals surface area contributed by atoms with Crippen LogP contribution in [0, 0.1) is 10.1 Å². The first-order chi connectivity index (χ1) is 14.5. The van der Waals surface area contributed by atoms with E-state index in [1.54, 1.807) is 44.2 Å². The van der Waals surface area contributed by atoms with Crippen LogP contribution in [0.1, 0.15) is 31.9 Å². The molecule has 11 nitrogen and oxygen atoms in total. The van der Waals surface area contributed by atoms with Gasteiger partial charge in [0.25, 0.3) is 0 Å². The molecule has 1 aromatic carbocycles. The van der Waals surface area contributed by atoms with Gasteiger partial charge in [0.15, 0.2) is 0 Å². The number of nitrogens with one attached hydrogen (secondary N) is 2. The van der Waals surface area contributed by atoms with Crippen LogP contribution in [0.2, 0.25) is 0 Å². The SMILES string of the molecule is CC1(C)S[C@@H]2[C@H](NC(=O)C(NC(=O)CC[N+](=O)[O-])c3ccccc3)C(=O)N2[C@H]1C(=O)O. The summed E-state index contributed by atoms with van der Waals surface area (Å²) >= 11 is 1.29. The topological polar surface area (TPSA) is 159 Å². The Kier molecular flexibility index (Phi) is 6.20. The molecule has 2 aliphatic heterocycles. The zero-order valence-electron chi connectivity index (χ0n) is 16.8. The van der Waals surface area contributed by atoms with Gasteiger partial charge in [-0.2, -0.15) is 0 Å². The Morgan fingerprint density at radius 3 is 2.52 bits per heavy atom. The van der Waals surface area contributed by atoms with Gasteiger partial charge in [0.05, 0.1) is 6.42 Å². The number of carboxylic acid groups (broad SMARTS) is 1. The Balaban J connectivity index is 1.74. The molecular weight excluding hydrogens is 428 g/mol. The Morgan fingerprint density at radius 2 is 1.94 bits per heavy atom. The van der Waals surface area contributed by atoms with Crippen LogP contribution in [0.3, 0.4) is 0 Å². The molecule has 0 spiro atoms. The second-order valence-corrected chi connectivity index (χ2v) is 9.57. The predicted molar refractivity (Wildman–Crippen MR) is 109 cm³/mol. The first-order valence-electron chi connectivity index (χ1n) is 9.52. The lowest BCUT2D eigenvalue weighted by atomic mass is 9.95. The molecule has 31 heavy (non-hydrogen) atoms. The van der Waals surface area contributed by atoms with E-state index in [0.29, 0.717) is 5.56 Å². The van der Waals surface area contributed by atoms with Gasteiger partial charge in [0.2, 0.25) is 24.3 Å². The maximum atomic E-state index is 13.0. The molecule has 0 aliphatic carbocycles. The van der Waals surface area contributed by atoms with Crippen LogP contribution in [-0.4, -0.2) is 67.4 Å². The molecule has 3 rings (SSSR count). The Bertz CT molecular complexity index is 923. The average molecular weight is 450 g/mol. The molecule has 3 amide bonds. The van der Waals surface area contributed by atoms with Crippen molar-refractivity contribution in [1.29, 1.82) is 0 Å². The molecule has 3 N–H and O–H groups in total. The van der Waals surface area contributed by atoms with Gasteiger partial charge in [-0.05, 0) is 19.4 Å². The number of carbonyl (C=O) groups is 4. The summed E-state index contributed by atoms with van der Waals surface area (Å²) < 4.78 is -0.735. The molecule has 1 unspecified atom stereocenters. The van der Waals surface area contributed by atoms with Crippen molar-refractivity contribution in [2.45, 2.75) is 48.5 Å². The smallest absolute Gasteiger partial charge is 0.327 e. The number of β-lactam (4-membered cyclic amide) rings is 1. The van der Waals surface area contributed by atoms with Gasteiger partial charge >= 0.3 is 5.97 Å². The Labute approximate surface area is 181 Å². The zero-order valence-corrected chi connectivity index (χ0v) is 17.6. The van der Waals surface area contributed by atoms with Crippen LogP contribution in [0.15, 0.2) is 30.3 Å². The summed E-state index contributed by atoms with van der Waals surface area (Å²) in [5, 5.41) is 24.6. The summed E-state index contributed by atoms with van der Waals surface area (Å²) in [6.07, 6.45) is -0.396. The summed E-state index contributed by atoms with van der Waals surface area (Å²) in [4.78, 5) is 60.5.